The number of hydrogen-bond acceptors (Lipinski definition) is 4. The van der Waals surface area contributed by atoms with Crippen molar-refractivity contribution in [3.63, 3.8) is 0 Å². The number of nitrogens with zero attached hydrogens (tertiary/aromatic N) is 1. The van der Waals surface area contributed by atoms with E-state index in [9.17, 15) is 22.4 Å². The Kier molecular flexibility index (Phi) is 7.77. The number of nitrogens with one attached hydrogen (secondary N) is 2. The zero-order valence-corrected chi connectivity index (χ0v) is 20.8. The molecular weight excluding hydrogens is 457 g/mol. The van der Waals surface area contributed by atoms with Gasteiger partial charge in [-0.25, -0.2) is 12.8 Å². The predicted octanol–water partition coefficient (Wildman–Crippen LogP) is 3.65. The van der Waals surface area contributed by atoms with E-state index >= 15 is 0 Å². The normalized spacial score (nSPS) is 16.9. The lowest BCUT2D eigenvalue weighted by molar-refractivity contribution is -0.141. The van der Waals surface area contributed by atoms with Crippen LogP contribution in [0.3, 0.4) is 0 Å². The molecule has 2 amide bonds. The van der Waals surface area contributed by atoms with Crippen LogP contribution in [0.15, 0.2) is 42.5 Å². The minimum absolute atomic E-state index is 0.0139. The van der Waals surface area contributed by atoms with Gasteiger partial charge in [-0.05, 0) is 54.5 Å². The number of hydrazine groups is 1. The molecule has 184 valence electrons. The average molecular weight is 490 g/mol. The number of carbonyl (C=O) groups excluding carboxylic acids is 2. The van der Waals surface area contributed by atoms with Crippen LogP contribution in [-0.4, -0.2) is 44.0 Å². The van der Waals surface area contributed by atoms with Crippen molar-refractivity contribution in [3.8, 4) is 11.1 Å². The number of aryl methyl sites for hydroxylation is 1. The third-order valence-corrected chi connectivity index (χ3v) is 7.15. The number of benzene rings is 2. The summed E-state index contributed by atoms with van der Waals surface area (Å²) in [6, 6.07) is 12.3. The molecule has 0 spiro atoms. The lowest BCUT2D eigenvalue weighted by atomic mass is 9.92. The molecule has 1 fully saturated rings. The van der Waals surface area contributed by atoms with Gasteiger partial charge in [0, 0.05) is 18.5 Å². The Morgan fingerprint density at radius 2 is 1.79 bits per heavy atom. The SMILES string of the molecule is Cc1cc(-c2ccccc2)cc(C(=O)NNS(=O)(=O)CC2CCCN(C(=O)C(C)(C)C)C2)c1F. The summed E-state index contributed by atoms with van der Waals surface area (Å²) in [4.78, 5) is 29.0. The van der Waals surface area contributed by atoms with Crippen LogP contribution in [0.2, 0.25) is 0 Å². The van der Waals surface area contributed by atoms with E-state index < -0.39 is 27.2 Å². The molecule has 1 unspecified atom stereocenters. The topological polar surface area (TPSA) is 95.6 Å². The summed E-state index contributed by atoms with van der Waals surface area (Å²) in [5, 5.41) is 0. The van der Waals surface area contributed by atoms with Gasteiger partial charge in [0.05, 0.1) is 11.3 Å². The number of rotatable bonds is 6. The van der Waals surface area contributed by atoms with Crippen molar-refractivity contribution in [2.45, 2.75) is 40.5 Å². The Labute approximate surface area is 200 Å². The second-order valence-corrected chi connectivity index (χ2v) is 11.6. The summed E-state index contributed by atoms with van der Waals surface area (Å²) in [5.41, 5.74) is 3.09. The van der Waals surface area contributed by atoms with Crippen LogP contribution in [0.4, 0.5) is 4.39 Å². The maximum absolute atomic E-state index is 14.7. The highest BCUT2D eigenvalue weighted by Gasteiger charge is 2.32. The van der Waals surface area contributed by atoms with E-state index in [0.717, 1.165) is 5.56 Å². The van der Waals surface area contributed by atoms with Gasteiger partial charge in [-0.3, -0.25) is 15.0 Å². The average Bonchev–Trinajstić information content (AvgIpc) is 2.78. The van der Waals surface area contributed by atoms with Gasteiger partial charge in [0.25, 0.3) is 5.91 Å². The summed E-state index contributed by atoms with van der Waals surface area (Å²) in [7, 11) is -3.90. The van der Waals surface area contributed by atoms with Crippen molar-refractivity contribution in [1.82, 2.24) is 15.2 Å². The van der Waals surface area contributed by atoms with Crippen LogP contribution >= 0.6 is 0 Å². The molecule has 1 aliphatic heterocycles. The standard InChI is InChI=1S/C25H32FN3O4S/c1-17-13-20(19-10-6-5-7-11-19)14-21(22(17)26)23(30)27-28-34(32,33)16-18-9-8-12-29(15-18)24(31)25(2,3)4/h5-7,10-11,13-14,18,28H,8-9,12,15-16H2,1-4H3,(H,27,30). The molecule has 1 heterocycles. The molecule has 2 aromatic rings. The Morgan fingerprint density at radius 3 is 2.44 bits per heavy atom. The number of likely N-dealkylation sites (tertiary alicyclic amines) is 1. The van der Waals surface area contributed by atoms with Crippen molar-refractivity contribution in [3.05, 3.63) is 59.4 Å². The molecule has 0 aliphatic carbocycles. The predicted molar refractivity (Wildman–Crippen MR) is 130 cm³/mol. The lowest BCUT2D eigenvalue weighted by Gasteiger charge is -2.36. The van der Waals surface area contributed by atoms with Gasteiger partial charge in [-0.2, -0.15) is 0 Å². The highest BCUT2D eigenvalue weighted by atomic mass is 32.2. The number of hydrogen-bond donors (Lipinski definition) is 2. The minimum atomic E-state index is -3.90. The zero-order valence-electron chi connectivity index (χ0n) is 20.0. The second kappa shape index (κ2) is 10.2. The zero-order chi connectivity index (χ0) is 25.1. The van der Waals surface area contributed by atoms with Gasteiger partial charge in [0.15, 0.2) is 0 Å². The Hall–Kier alpha value is -2.78. The first-order chi connectivity index (χ1) is 15.9. The van der Waals surface area contributed by atoms with E-state index in [1.807, 2.05) is 51.1 Å². The monoisotopic (exact) mass is 489 g/mol. The van der Waals surface area contributed by atoms with Crippen LogP contribution in [0, 0.1) is 24.1 Å². The van der Waals surface area contributed by atoms with Crippen molar-refractivity contribution >= 4 is 21.8 Å². The fraction of sp³-hybridized carbons (Fsp3) is 0.440. The molecule has 0 aromatic heterocycles. The van der Waals surface area contributed by atoms with Crippen LogP contribution in [0.5, 0.6) is 0 Å². The summed E-state index contributed by atoms with van der Waals surface area (Å²) in [6.45, 7) is 8.00. The van der Waals surface area contributed by atoms with Gasteiger partial charge in [0.1, 0.15) is 5.82 Å². The maximum Gasteiger partial charge on any atom is 0.269 e. The van der Waals surface area contributed by atoms with Gasteiger partial charge < -0.3 is 4.90 Å². The van der Waals surface area contributed by atoms with Crippen molar-refractivity contribution in [2.75, 3.05) is 18.8 Å². The van der Waals surface area contributed by atoms with Crippen LogP contribution in [0.25, 0.3) is 11.1 Å². The molecule has 0 radical (unpaired) electrons. The Bertz CT molecular complexity index is 1160. The van der Waals surface area contributed by atoms with E-state index in [-0.39, 0.29) is 28.7 Å². The smallest absolute Gasteiger partial charge is 0.269 e. The summed E-state index contributed by atoms with van der Waals surface area (Å²) in [6.07, 6.45) is 1.38. The molecule has 1 aliphatic rings. The van der Waals surface area contributed by atoms with E-state index in [0.29, 0.717) is 31.5 Å². The van der Waals surface area contributed by atoms with Gasteiger partial charge in [-0.1, -0.05) is 51.1 Å². The van der Waals surface area contributed by atoms with E-state index in [4.69, 9.17) is 0 Å². The molecule has 34 heavy (non-hydrogen) atoms. The number of amides is 2. The fourth-order valence-electron chi connectivity index (χ4n) is 4.14. The molecule has 2 aromatic carbocycles. The molecule has 0 bridgehead atoms. The maximum atomic E-state index is 14.7. The molecule has 1 atom stereocenters. The summed E-state index contributed by atoms with van der Waals surface area (Å²) < 4.78 is 39.9. The van der Waals surface area contributed by atoms with Gasteiger partial charge in [-0.15, -0.1) is 4.83 Å². The Morgan fingerprint density at radius 1 is 1.12 bits per heavy atom. The van der Waals surface area contributed by atoms with E-state index in [1.165, 1.54) is 6.07 Å². The quantitative estimate of drug-likeness (QED) is 0.606. The first-order valence-electron chi connectivity index (χ1n) is 11.3. The molecule has 9 heteroatoms. The summed E-state index contributed by atoms with van der Waals surface area (Å²) >= 11 is 0. The molecule has 1 saturated heterocycles. The number of sulfonamides is 1. The van der Waals surface area contributed by atoms with Crippen molar-refractivity contribution in [1.29, 1.82) is 0 Å². The molecule has 3 rings (SSSR count). The first kappa shape index (κ1) is 25.8. The second-order valence-electron chi connectivity index (χ2n) is 9.87. The van der Waals surface area contributed by atoms with Crippen molar-refractivity contribution < 1.29 is 22.4 Å². The largest absolute Gasteiger partial charge is 0.342 e. The third-order valence-electron chi connectivity index (χ3n) is 5.83. The molecule has 2 N–H and O–H groups in total. The van der Waals surface area contributed by atoms with Crippen molar-refractivity contribution in [2.24, 2.45) is 11.3 Å². The van der Waals surface area contributed by atoms with E-state index in [2.05, 4.69) is 10.3 Å². The first-order valence-corrected chi connectivity index (χ1v) is 13.0. The fourth-order valence-corrected chi connectivity index (χ4v) is 5.36. The highest BCUT2D eigenvalue weighted by Crippen LogP contribution is 2.26. The number of halogens is 1. The van der Waals surface area contributed by atoms with Crippen LogP contribution in [-0.2, 0) is 14.8 Å². The third kappa shape index (κ3) is 6.42. The van der Waals surface area contributed by atoms with Crippen LogP contribution in [0.1, 0.15) is 49.5 Å². The molecular formula is C25H32FN3O4S. The van der Waals surface area contributed by atoms with Gasteiger partial charge >= 0.3 is 0 Å². The van der Waals surface area contributed by atoms with E-state index in [1.54, 1.807) is 17.9 Å². The minimum Gasteiger partial charge on any atom is -0.342 e. The summed E-state index contributed by atoms with van der Waals surface area (Å²) in [5.74, 6) is -2.10. The molecule has 7 nitrogen and oxygen atoms in total. The molecule has 0 saturated carbocycles. The highest BCUT2D eigenvalue weighted by molar-refractivity contribution is 7.89. The lowest BCUT2D eigenvalue weighted by Crippen LogP contribution is -2.49. The van der Waals surface area contributed by atoms with Gasteiger partial charge in [0.2, 0.25) is 15.9 Å². The van der Waals surface area contributed by atoms with Crippen LogP contribution < -0.4 is 10.3 Å². The number of carbonyl (C=O) groups is 2. The number of piperidine rings is 1. The Balaban J connectivity index is 1.66.